The van der Waals surface area contributed by atoms with E-state index >= 15 is 0 Å². The van der Waals surface area contributed by atoms with Crippen LogP contribution in [0.4, 0.5) is 34.1 Å². The highest BCUT2D eigenvalue weighted by atomic mass is 79.9. The molecule has 6 nitrogen and oxygen atoms in total. The Labute approximate surface area is 540 Å². The van der Waals surface area contributed by atoms with Crippen molar-refractivity contribution in [3.63, 3.8) is 0 Å². The number of aromatic amines is 1. The standard InChI is InChI=1S/C42H27N3.C24H14N2.C18H14BrN.B/c1-3-12-28(13-4-1)43(29-14-5-2-6-15-29)30-22-24-31(25-23-30)44-38-21-11-18-34-32-16-7-9-19-36(32)45-37-20-10-8-17-33(37)35-26-27-39(44)41(40(34)38)42(35)45;1-3-10-20-14(6-1)16-8-5-9-18-22(16)23-19(25-18)13-12-17-15-7-2-4-11-21(15)26(20)24(17)23;19-15-11-13-18(14-12-15)20(16-7-3-1-4-8-16)17-9-5-2-6-10-17;/h1-27H;1-13,25H;1-14H;. The van der Waals surface area contributed by atoms with Gasteiger partial charge in [0.05, 0.1) is 44.1 Å². The van der Waals surface area contributed by atoms with E-state index in [1.54, 1.807) is 0 Å². The third-order valence-corrected chi connectivity index (χ3v) is 18.9. The fourth-order valence-corrected chi connectivity index (χ4v) is 14.9. The Morgan fingerprint density at radius 1 is 0.239 bits per heavy atom. The summed E-state index contributed by atoms with van der Waals surface area (Å²) in [6, 6.07) is 117. The second-order valence-electron chi connectivity index (χ2n) is 23.4. The molecule has 0 aliphatic carbocycles. The molecule has 1 N–H and O–H groups in total. The summed E-state index contributed by atoms with van der Waals surface area (Å²) in [7, 11) is 0. The van der Waals surface area contributed by atoms with Gasteiger partial charge in [0.2, 0.25) is 0 Å². The number of aromatic nitrogens is 4. The molecule has 20 aromatic rings. The minimum Gasteiger partial charge on any atom is -0.354 e. The van der Waals surface area contributed by atoms with Crippen LogP contribution < -0.4 is 9.80 Å². The molecule has 0 aliphatic heterocycles. The van der Waals surface area contributed by atoms with Gasteiger partial charge in [0, 0.05) is 118 Å². The molecule has 6 heterocycles. The van der Waals surface area contributed by atoms with Crippen LogP contribution in [0.15, 0.2) is 332 Å². The minimum absolute atomic E-state index is 0. The Bertz CT molecular complexity index is 5980. The molecule has 3 radical (unpaired) electrons. The lowest BCUT2D eigenvalue weighted by molar-refractivity contribution is 1.17. The maximum Gasteiger partial charge on any atom is 0.0641 e. The van der Waals surface area contributed by atoms with Crippen molar-refractivity contribution in [2.75, 3.05) is 9.80 Å². The highest BCUT2D eigenvalue weighted by molar-refractivity contribution is 9.10. The van der Waals surface area contributed by atoms with Crippen molar-refractivity contribution in [2.24, 2.45) is 0 Å². The number of anilines is 6. The van der Waals surface area contributed by atoms with Gasteiger partial charge < -0.3 is 28.2 Å². The molecule has 92 heavy (non-hydrogen) atoms. The lowest BCUT2D eigenvalue weighted by Gasteiger charge is -2.25. The number of nitrogens with zero attached hydrogens (tertiary/aromatic N) is 5. The van der Waals surface area contributed by atoms with Crippen molar-refractivity contribution in [3.05, 3.63) is 332 Å². The van der Waals surface area contributed by atoms with E-state index in [-0.39, 0.29) is 8.41 Å². The van der Waals surface area contributed by atoms with Gasteiger partial charge in [-0.15, -0.1) is 0 Å². The van der Waals surface area contributed by atoms with E-state index in [9.17, 15) is 0 Å². The summed E-state index contributed by atoms with van der Waals surface area (Å²) in [5.74, 6) is 0. The molecule has 0 aliphatic rings. The zero-order chi connectivity index (χ0) is 60.1. The van der Waals surface area contributed by atoms with Crippen LogP contribution in [0.1, 0.15) is 0 Å². The Kier molecular flexibility index (Phi) is 13.2. The molecule has 14 aromatic carbocycles. The average Bonchev–Trinajstić information content (AvgIpc) is 1.54. The smallest absolute Gasteiger partial charge is 0.0641 e. The second-order valence-corrected chi connectivity index (χ2v) is 24.3. The van der Waals surface area contributed by atoms with Gasteiger partial charge in [0.25, 0.3) is 0 Å². The molecule has 0 fully saturated rings. The predicted octanol–water partition coefficient (Wildman–Crippen LogP) is 23.4. The highest BCUT2D eigenvalue weighted by Gasteiger charge is 2.24. The third kappa shape index (κ3) is 8.55. The molecule has 0 saturated carbocycles. The first kappa shape index (κ1) is 54.6. The van der Waals surface area contributed by atoms with E-state index in [0.29, 0.717) is 0 Å². The van der Waals surface area contributed by atoms with Crippen molar-refractivity contribution in [2.45, 2.75) is 0 Å². The Balaban J connectivity index is 0.000000116. The summed E-state index contributed by atoms with van der Waals surface area (Å²) in [6.07, 6.45) is 0. The SMILES string of the molecule is Brc1ccc(N(c2ccccc2)c2ccccc2)cc1.[B].c1cc2[nH]c3ccc4c5ccccc5n5c6ccccc6c(c1)c2c3c45.c1ccc(N(c2ccccc2)c2ccc(-n3c4cccc5c6ccccc6n6c7ccccc7c7ccc3c(c54)c76)cc2)cc1. The van der Waals surface area contributed by atoms with Crippen LogP contribution in [0.3, 0.4) is 0 Å². The van der Waals surface area contributed by atoms with Gasteiger partial charge in [-0.2, -0.15) is 0 Å². The number of nitrogens with one attached hydrogen (secondary N) is 1. The Morgan fingerprint density at radius 2 is 0.576 bits per heavy atom. The Hall–Kier alpha value is -11.6. The molecule has 0 bridgehead atoms. The lowest BCUT2D eigenvalue weighted by atomic mass is 10.0. The molecular formula is C84H55BBrN6. The van der Waals surface area contributed by atoms with Crippen molar-refractivity contribution in [1.29, 1.82) is 0 Å². The molecular weight excluding hydrogens is 1180 g/mol. The number of hydrogen-bond donors (Lipinski definition) is 1. The number of rotatable bonds is 7. The number of hydrogen-bond acceptors (Lipinski definition) is 2. The third-order valence-electron chi connectivity index (χ3n) is 18.4. The van der Waals surface area contributed by atoms with Gasteiger partial charge in [-0.05, 0) is 156 Å². The van der Waals surface area contributed by atoms with Crippen LogP contribution in [-0.2, 0) is 0 Å². The van der Waals surface area contributed by atoms with Crippen LogP contribution in [0.2, 0.25) is 0 Å². The molecule has 0 spiro atoms. The number of H-pyrrole nitrogens is 1. The van der Waals surface area contributed by atoms with E-state index in [1.165, 1.54) is 120 Å². The van der Waals surface area contributed by atoms with Crippen molar-refractivity contribution < 1.29 is 0 Å². The summed E-state index contributed by atoms with van der Waals surface area (Å²) < 4.78 is 8.48. The fourth-order valence-electron chi connectivity index (χ4n) is 14.6. The van der Waals surface area contributed by atoms with Gasteiger partial charge in [-0.3, -0.25) is 0 Å². The molecule has 6 aromatic heterocycles. The van der Waals surface area contributed by atoms with E-state index < -0.39 is 0 Å². The van der Waals surface area contributed by atoms with E-state index in [4.69, 9.17) is 0 Å². The molecule has 431 valence electrons. The number of benzene rings is 14. The van der Waals surface area contributed by atoms with Crippen molar-refractivity contribution in [3.8, 4) is 5.69 Å². The first-order valence-corrected chi connectivity index (χ1v) is 31.7. The fraction of sp³-hybridized carbons (Fsp3) is 0. The van der Waals surface area contributed by atoms with Gasteiger partial charge in [-0.25, -0.2) is 0 Å². The van der Waals surface area contributed by atoms with Crippen molar-refractivity contribution >= 4 is 178 Å². The summed E-state index contributed by atoms with van der Waals surface area (Å²) in [5, 5.41) is 15.6. The molecule has 8 heteroatoms. The summed E-state index contributed by atoms with van der Waals surface area (Å²) in [4.78, 5) is 8.19. The molecule has 0 saturated heterocycles. The predicted molar refractivity (Wildman–Crippen MR) is 395 cm³/mol. The maximum absolute atomic E-state index is 3.63. The first-order valence-electron chi connectivity index (χ1n) is 30.9. The van der Waals surface area contributed by atoms with E-state index in [0.717, 1.165) is 44.3 Å². The number of fused-ring (bicyclic) bond motifs is 12. The van der Waals surface area contributed by atoms with E-state index in [2.05, 4.69) is 360 Å². The van der Waals surface area contributed by atoms with Crippen LogP contribution in [0, 0.1) is 0 Å². The second kappa shape index (κ2) is 22.2. The summed E-state index contributed by atoms with van der Waals surface area (Å²) in [6.45, 7) is 0. The van der Waals surface area contributed by atoms with E-state index in [1.807, 2.05) is 12.1 Å². The quantitative estimate of drug-likeness (QED) is 0.161. The zero-order valence-corrected chi connectivity index (χ0v) is 51.5. The van der Waals surface area contributed by atoms with Gasteiger partial charge in [0.15, 0.2) is 0 Å². The first-order chi connectivity index (χ1) is 45.1. The summed E-state index contributed by atoms with van der Waals surface area (Å²) >= 11 is 3.49. The van der Waals surface area contributed by atoms with Crippen LogP contribution >= 0.6 is 15.9 Å². The lowest BCUT2D eigenvalue weighted by Crippen LogP contribution is -2.09. The summed E-state index contributed by atoms with van der Waals surface area (Å²) in [5.41, 5.74) is 20.4. The zero-order valence-electron chi connectivity index (χ0n) is 49.9. The largest absolute Gasteiger partial charge is 0.354 e. The Morgan fingerprint density at radius 3 is 1.05 bits per heavy atom. The molecule has 0 unspecified atom stereocenters. The normalized spacial score (nSPS) is 11.7. The molecule has 0 atom stereocenters. The van der Waals surface area contributed by atoms with Crippen LogP contribution in [0.25, 0.3) is 125 Å². The van der Waals surface area contributed by atoms with Crippen LogP contribution in [-0.4, -0.2) is 26.8 Å². The van der Waals surface area contributed by atoms with Gasteiger partial charge >= 0.3 is 0 Å². The molecule has 20 rings (SSSR count). The van der Waals surface area contributed by atoms with Gasteiger partial charge in [0.1, 0.15) is 0 Å². The monoisotopic (exact) mass is 1240 g/mol. The minimum atomic E-state index is 0. The van der Waals surface area contributed by atoms with Crippen molar-refractivity contribution in [1.82, 2.24) is 18.4 Å². The number of para-hydroxylation sites is 8. The highest BCUT2D eigenvalue weighted by Crippen LogP contribution is 2.47. The maximum atomic E-state index is 3.63. The average molecular weight is 1240 g/mol. The van der Waals surface area contributed by atoms with Crippen LogP contribution in [0.5, 0.6) is 0 Å². The topological polar surface area (TPSA) is 36.0 Å². The van der Waals surface area contributed by atoms with Gasteiger partial charge in [-0.1, -0.05) is 198 Å². The number of halogens is 1. The molecule has 0 amide bonds.